The van der Waals surface area contributed by atoms with Crippen molar-refractivity contribution < 1.29 is 18.7 Å². The molecule has 2 aromatic rings. The predicted molar refractivity (Wildman–Crippen MR) is 96.6 cm³/mol. The Morgan fingerprint density at radius 2 is 2.04 bits per heavy atom. The summed E-state index contributed by atoms with van der Waals surface area (Å²) in [6, 6.07) is 10.7. The van der Waals surface area contributed by atoms with Gasteiger partial charge in [0.1, 0.15) is 6.04 Å². The van der Waals surface area contributed by atoms with Gasteiger partial charge < -0.3 is 19.4 Å². The van der Waals surface area contributed by atoms with Gasteiger partial charge in [-0.05, 0) is 36.6 Å². The van der Waals surface area contributed by atoms with Gasteiger partial charge in [0.15, 0.2) is 5.76 Å². The first-order chi connectivity index (χ1) is 12.7. The first-order valence-electron chi connectivity index (χ1n) is 8.97. The number of rotatable bonds is 7. The molecule has 0 saturated heterocycles. The van der Waals surface area contributed by atoms with Gasteiger partial charge in [-0.3, -0.25) is 9.59 Å². The van der Waals surface area contributed by atoms with Crippen LogP contribution in [0.15, 0.2) is 47.1 Å². The third-order valence-electron chi connectivity index (χ3n) is 4.51. The Morgan fingerprint density at radius 1 is 1.23 bits per heavy atom. The Bertz CT molecular complexity index is 742. The molecule has 138 valence electrons. The van der Waals surface area contributed by atoms with Crippen LogP contribution in [0.5, 0.6) is 0 Å². The fraction of sp³-hybridized carbons (Fsp3) is 0.400. The van der Waals surface area contributed by atoms with Crippen LogP contribution in [0.1, 0.15) is 35.0 Å². The minimum absolute atomic E-state index is 0.143. The molecule has 0 saturated carbocycles. The van der Waals surface area contributed by atoms with Crippen molar-refractivity contribution in [2.75, 3.05) is 19.8 Å². The van der Waals surface area contributed by atoms with Crippen LogP contribution in [0.4, 0.5) is 0 Å². The van der Waals surface area contributed by atoms with Gasteiger partial charge >= 0.3 is 0 Å². The van der Waals surface area contributed by atoms with Crippen LogP contribution in [-0.4, -0.2) is 42.5 Å². The maximum absolute atomic E-state index is 12.8. The van der Waals surface area contributed by atoms with Gasteiger partial charge in [-0.2, -0.15) is 0 Å². The standard InChI is InChI=1S/C20H24N2O4/c1-2-25-11-6-10-21-19(23)17-13-15-7-3-4-8-16(15)14-22(17)20(24)18-9-5-12-26-18/h3-5,7-9,12,17H,2,6,10-11,13-14H2,1H3,(H,21,23)/t17-/m0/s1. The first kappa shape index (κ1) is 18.2. The van der Waals surface area contributed by atoms with Gasteiger partial charge in [-0.15, -0.1) is 0 Å². The van der Waals surface area contributed by atoms with E-state index < -0.39 is 6.04 Å². The van der Waals surface area contributed by atoms with Gasteiger partial charge in [0.05, 0.1) is 6.26 Å². The van der Waals surface area contributed by atoms with Crippen LogP contribution in [0, 0.1) is 0 Å². The highest BCUT2D eigenvalue weighted by Gasteiger charge is 2.35. The molecule has 3 rings (SSSR count). The molecule has 1 aliphatic rings. The van der Waals surface area contributed by atoms with Crippen molar-refractivity contribution in [2.24, 2.45) is 0 Å². The molecule has 0 unspecified atom stereocenters. The molecule has 2 heterocycles. The van der Waals surface area contributed by atoms with Crippen LogP contribution in [-0.2, 0) is 22.5 Å². The summed E-state index contributed by atoms with van der Waals surface area (Å²) >= 11 is 0. The van der Waals surface area contributed by atoms with Gasteiger partial charge in [0.25, 0.3) is 5.91 Å². The molecule has 0 spiro atoms. The number of hydrogen-bond donors (Lipinski definition) is 1. The average molecular weight is 356 g/mol. The second kappa shape index (κ2) is 8.67. The smallest absolute Gasteiger partial charge is 0.290 e. The molecule has 2 amide bonds. The van der Waals surface area contributed by atoms with Crippen molar-refractivity contribution in [1.82, 2.24) is 10.2 Å². The van der Waals surface area contributed by atoms with Gasteiger partial charge in [0, 0.05) is 32.7 Å². The highest BCUT2D eigenvalue weighted by atomic mass is 16.5. The van der Waals surface area contributed by atoms with Crippen LogP contribution in [0.25, 0.3) is 0 Å². The van der Waals surface area contributed by atoms with Crippen LogP contribution >= 0.6 is 0 Å². The van der Waals surface area contributed by atoms with Crippen LogP contribution < -0.4 is 5.32 Å². The lowest BCUT2D eigenvalue weighted by Gasteiger charge is -2.35. The molecule has 6 heteroatoms. The molecule has 1 N–H and O–H groups in total. The summed E-state index contributed by atoms with van der Waals surface area (Å²) in [6.45, 7) is 4.14. The number of carbonyl (C=O) groups is 2. The molecule has 0 aliphatic carbocycles. The zero-order valence-corrected chi connectivity index (χ0v) is 14.9. The molecular formula is C20H24N2O4. The van der Waals surface area contributed by atoms with E-state index in [0.29, 0.717) is 32.7 Å². The summed E-state index contributed by atoms with van der Waals surface area (Å²) in [5.74, 6) is -0.159. The lowest BCUT2D eigenvalue weighted by Crippen LogP contribution is -2.52. The van der Waals surface area contributed by atoms with E-state index in [-0.39, 0.29) is 17.6 Å². The van der Waals surface area contributed by atoms with Crippen LogP contribution in [0.3, 0.4) is 0 Å². The van der Waals surface area contributed by atoms with E-state index in [0.717, 1.165) is 17.5 Å². The molecule has 1 atom stereocenters. The van der Waals surface area contributed by atoms with Crippen molar-refractivity contribution in [3.8, 4) is 0 Å². The molecule has 1 aromatic carbocycles. The van der Waals surface area contributed by atoms with E-state index in [9.17, 15) is 9.59 Å². The minimum atomic E-state index is -0.547. The van der Waals surface area contributed by atoms with E-state index in [4.69, 9.17) is 9.15 Å². The summed E-state index contributed by atoms with van der Waals surface area (Å²) in [4.78, 5) is 27.2. The Morgan fingerprint density at radius 3 is 2.77 bits per heavy atom. The highest BCUT2D eigenvalue weighted by molar-refractivity contribution is 5.96. The fourth-order valence-electron chi connectivity index (χ4n) is 3.16. The van der Waals surface area contributed by atoms with Gasteiger partial charge in [-0.1, -0.05) is 24.3 Å². The van der Waals surface area contributed by atoms with E-state index in [1.165, 1.54) is 6.26 Å². The Kier molecular flexibility index (Phi) is 6.07. The second-order valence-electron chi connectivity index (χ2n) is 6.24. The number of carbonyl (C=O) groups excluding carboxylic acids is 2. The van der Waals surface area contributed by atoms with Crippen molar-refractivity contribution >= 4 is 11.8 Å². The number of nitrogens with zero attached hydrogens (tertiary/aromatic N) is 1. The maximum atomic E-state index is 12.8. The Balaban J connectivity index is 1.73. The number of hydrogen-bond acceptors (Lipinski definition) is 4. The molecule has 0 fully saturated rings. The third-order valence-corrected chi connectivity index (χ3v) is 4.51. The zero-order chi connectivity index (χ0) is 18.4. The molecule has 1 aliphatic heterocycles. The summed E-state index contributed by atoms with van der Waals surface area (Å²) in [6.07, 6.45) is 2.71. The largest absolute Gasteiger partial charge is 0.459 e. The molecular weight excluding hydrogens is 332 g/mol. The average Bonchev–Trinajstić information content (AvgIpc) is 3.21. The normalized spacial score (nSPS) is 16.2. The van der Waals surface area contributed by atoms with E-state index in [2.05, 4.69) is 5.32 Å². The monoisotopic (exact) mass is 356 g/mol. The molecule has 1 aromatic heterocycles. The van der Waals surface area contributed by atoms with E-state index in [1.54, 1.807) is 17.0 Å². The van der Waals surface area contributed by atoms with E-state index >= 15 is 0 Å². The maximum Gasteiger partial charge on any atom is 0.290 e. The summed E-state index contributed by atoms with van der Waals surface area (Å²) in [7, 11) is 0. The minimum Gasteiger partial charge on any atom is -0.459 e. The highest BCUT2D eigenvalue weighted by Crippen LogP contribution is 2.25. The summed E-state index contributed by atoms with van der Waals surface area (Å²) < 4.78 is 10.5. The third kappa shape index (κ3) is 4.14. The number of ether oxygens (including phenoxy) is 1. The molecule has 0 radical (unpaired) electrons. The van der Waals surface area contributed by atoms with Gasteiger partial charge in [-0.25, -0.2) is 0 Å². The summed E-state index contributed by atoms with van der Waals surface area (Å²) in [5.41, 5.74) is 2.17. The molecule has 26 heavy (non-hydrogen) atoms. The fourth-order valence-corrected chi connectivity index (χ4v) is 3.16. The molecule has 6 nitrogen and oxygen atoms in total. The van der Waals surface area contributed by atoms with Crippen molar-refractivity contribution in [3.63, 3.8) is 0 Å². The van der Waals surface area contributed by atoms with Crippen molar-refractivity contribution in [1.29, 1.82) is 0 Å². The SMILES string of the molecule is CCOCCCNC(=O)[C@@H]1Cc2ccccc2CN1C(=O)c1ccco1. The topological polar surface area (TPSA) is 71.8 Å². The Hall–Kier alpha value is -2.60. The second-order valence-corrected chi connectivity index (χ2v) is 6.24. The van der Waals surface area contributed by atoms with Crippen molar-refractivity contribution in [2.45, 2.75) is 32.4 Å². The summed E-state index contributed by atoms with van der Waals surface area (Å²) in [5, 5.41) is 2.93. The van der Waals surface area contributed by atoms with Crippen molar-refractivity contribution in [3.05, 3.63) is 59.5 Å². The zero-order valence-electron chi connectivity index (χ0n) is 14.9. The number of furan rings is 1. The van der Waals surface area contributed by atoms with Crippen LogP contribution in [0.2, 0.25) is 0 Å². The number of amides is 2. The number of fused-ring (bicyclic) bond motifs is 1. The molecule has 0 bridgehead atoms. The number of benzene rings is 1. The first-order valence-corrected chi connectivity index (χ1v) is 8.97. The number of nitrogens with one attached hydrogen (secondary N) is 1. The quantitative estimate of drug-likeness (QED) is 0.773. The van der Waals surface area contributed by atoms with E-state index in [1.807, 2.05) is 31.2 Å². The predicted octanol–water partition coefficient (Wildman–Crippen LogP) is 2.39. The Labute approximate surface area is 153 Å². The lowest BCUT2D eigenvalue weighted by atomic mass is 9.93. The lowest BCUT2D eigenvalue weighted by molar-refractivity contribution is -0.126. The van der Waals surface area contributed by atoms with Gasteiger partial charge in [0.2, 0.25) is 5.91 Å².